The second kappa shape index (κ2) is 4.04. The second-order valence-corrected chi connectivity index (χ2v) is 3.44. The van der Waals surface area contributed by atoms with Gasteiger partial charge in [0, 0.05) is 0 Å². The molecule has 0 amide bonds. The number of hydrogen-bond acceptors (Lipinski definition) is 6. The minimum Gasteiger partial charge on any atom is -0.285 e. The Bertz CT molecular complexity index is 146. The van der Waals surface area contributed by atoms with Gasteiger partial charge in [-0.3, -0.25) is 4.55 Å². The molecule has 2 N–H and O–H groups in total. The van der Waals surface area contributed by atoms with Crippen LogP contribution >= 0.6 is 12.0 Å². The van der Waals surface area contributed by atoms with Crippen LogP contribution in [0, 0.1) is 0 Å². The van der Waals surface area contributed by atoms with Crippen molar-refractivity contribution in [2.75, 3.05) is 5.08 Å². The fourth-order valence-electron chi connectivity index (χ4n) is 0.102. The Morgan fingerprint density at radius 3 is 2.44 bits per heavy atom. The molecule has 0 bridgehead atoms. The van der Waals surface area contributed by atoms with Gasteiger partial charge < -0.3 is 0 Å². The highest BCUT2D eigenvalue weighted by molar-refractivity contribution is 8.07. The summed E-state index contributed by atoms with van der Waals surface area (Å²) >= 11 is 0.250. The summed E-state index contributed by atoms with van der Waals surface area (Å²) in [5.41, 5.74) is 0. The Labute approximate surface area is 55.6 Å². The van der Waals surface area contributed by atoms with Crippen LogP contribution in [0.5, 0.6) is 0 Å². The molecule has 0 radical (unpaired) electrons. The van der Waals surface area contributed by atoms with Crippen molar-refractivity contribution in [2.45, 2.75) is 0 Å². The molecule has 0 aliphatic heterocycles. The van der Waals surface area contributed by atoms with Crippen LogP contribution in [-0.2, 0) is 19.5 Å². The van der Waals surface area contributed by atoms with Gasteiger partial charge in [0.2, 0.25) is 0 Å². The fourth-order valence-corrected chi connectivity index (χ4v) is 0.789. The van der Waals surface area contributed by atoms with Crippen LogP contribution < -0.4 is 0 Å². The predicted molar refractivity (Wildman–Crippen MR) is 28.8 cm³/mol. The molecule has 0 aliphatic rings. The van der Waals surface area contributed by atoms with E-state index in [0.717, 1.165) is 0 Å². The van der Waals surface area contributed by atoms with Crippen molar-refractivity contribution in [2.24, 2.45) is 0 Å². The monoisotopic (exact) mass is 176 g/mol. The molecule has 0 aromatic rings. The SMILES string of the molecule is O=S(=O)(O)CSOOO. The van der Waals surface area contributed by atoms with Gasteiger partial charge in [0.1, 0.15) is 0 Å². The van der Waals surface area contributed by atoms with Gasteiger partial charge in [-0.05, 0) is 0 Å². The summed E-state index contributed by atoms with van der Waals surface area (Å²) in [5.74, 6) is 0. The van der Waals surface area contributed by atoms with Crippen LogP contribution in [0.1, 0.15) is 0 Å². The molecule has 56 valence electrons. The quantitative estimate of drug-likeness (QED) is 0.203. The van der Waals surface area contributed by atoms with Crippen molar-refractivity contribution in [3.63, 3.8) is 0 Å². The summed E-state index contributed by atoms with van der Waals surface area (Å²) in [6.07, 6.45) is 0. The van der Waals surface area contributed by atoms with E-state index < -0.39 is 15.2 Å². The second-order valence-electron chi connectivity index (χ2n) is 0.960. The third kappa shape index (κ3) is 8.14. The molecular weight excluding hydrogens is 172 g/mol. The van der Waals surface area contributed by atoms with Crippen LogP contribution in [0.2, 0.25) is 0 Å². The third-order valence-corrected chi connectivity index (χ3v) is 2.01. The highest BCUT2D eigenvalue weighted by atomic mass is 32.3. The average Bonchev–Trinajstić information content (AvgIpc) is 1.63. The summed E-state index contributed by atoms with van der Waals surface area (Å²) in [7, 11) is -4.05. The smallest absolute Gasteiger partial charge is 0.276 e. The van der Waals surface area contributed by atoms with Crippen molar-refractivity contribution < 1.29 is 27.6 Å². The lowest BCUT2D eigenvalue weighted by Crippen LogP contribution is -2.00. The predicted octanol–water partition coefficient (Wildman–Crippen LogP) is -0.0989. The number of rotatable bonds is 4. The molecule has 0 aromatic carbocycles. The van der Waals surface area contributed by atoms with Gasteiger partial charge >= 0.3 is 0 Å². The van der Waals surface area contributed by atoms with Gasteiger partial charge in [-0.1, -0.05) is 5.04 Å². The van der Waals surface area contributed by atoms with E-state index in [1.807, 2.05) is 0 Å². The molecule has 0 heterocycles. The summed E-state index contributed by atoms with van der Waals surface area (Å²) in [6.45, 7) is 0. The average molecular weight is 176 g/mol. The zero-order valence-electron chi connectivity index (χ0n) is 4.05. The minimum absolute atomic E-state index is 0.250. The van der Waals surface area contributed by atoms with Gasteiger partial charge in [-0.2, -0.15) is 8.42 Å². The third-order valence-electron chi connectivity index (χ3n) is 0.276. The highest BCUT2D eigenvalue weighted by Gasteiger charge is 2.04. The van der Waals surface area contributed by atoms with E-state index in [1.165, 1.54) is 0 Å². The minimum atomic E-state index is -4.05. The normalized spacial score (nSPS) is 11.8. The molecule has 0 fully saturated rings. The molecule has 6 nitrogen and oxygen atoms in total. The first-order valence-corrected chi connectivity index (χ1v) is 4.13. The van der Waals surface area contributed by atoms with E-state index in [4.69, 9.17) is 9.81 Å². The first kappa shape index (κ1) is 9.14. The van der Waals surface area contributed by atoms with Crippen molar-refractivity contribution >= 4 is 22.2 Å². The Kier molecular flexibility index (Phi) is 4.10. The molecule has 0 unspecified atom stereocenters. The lowest BCUT2D eigenvalue weighted by molar-refractivity contribution is -0.432. The van der Waals surface area contributed by atoms with Gasteiger partial charge in [-0.25, -0.2) is 5.26 Å². The lowest BCUT2D eigenvalue weighted by atomic mass is 11.9. The summed E-state index contributed by atoms with van der Waals surface area (Å²) < 4.78 is 31.3. The zero-order chi connectivity index (χ0) is 7.33. The Morgan fingerprint density at radius 2 is 2.11 bits per heavy atom. The first-order chi connectivity index (χ1) is 4.06. The molecule has 0 aliphatic carbocycles. The molecule has 8 heteroatoms. The topological polar surface area (TPSA) is 93.1 Å². The highest BCUT2D eigenvalue weighted by Crippen LogP contribution is 2.04. The molecule has 0 aromatic heterocycles. The molecule has 0 rings (SSSR count). The number of hydrogen-bond donors (Lipinski definition) is 2. The molecule has 0 atom stereocenters. The van der Waals surface area contributed by atoms with E-state index in [2.05, 4.69) is 9.37 Å². The van der Waals surface area contributed by atoms with Crippen LogP contribution in [0.3, 0.4) is 0 Å². The summed E-state index contributed by atoms with van der Waals surface area (Å²) in [5, 5.41) is 9.78. The molecule has 0 saturated carbocycles. The standard InChI is InChI=1S/CH4O6S2/c2-6-7-8-1-9(3,4)5/h2H,1H2,(H,3,4,5). The van der Waals surface area contributed by atoms with E-state index in [9.17, 15) is 8.42 Å². The fraction of sp³-hybridized carbons (Fsp3) is 1.00. The van der Waals surface area contributed by atoms with Gasteiger partial charge in [0.25, 0.3) is 10.1 Å². The molecule has 0 saturated heterocycles. The van der Waals surface area contributed by atoms with Crippen LogP contribution in [-0.4, -0.2) is 23.3 Å². The first-order valence-electron chi connectivity index (χ1n) is 1.61. The molecule has 9 heavy (non-hydrogen) atoms. The van der Waals surface area contributed by atoms with Crippen LogP contribution in [0.15, 0.2) is 0 Å². The Morgan fingerprint density at radius 1 is 1.56 bits per heavy atom. The maximum absolute atomic E-state index is 9.82. The van der Waals surface area contributed by atoms with Crippen LogP contribution in [0.25, 0.3) is 0 Å². The van der Waals surface area contributed by atoms with E-state index in [1.54, 1.807) is 0 Å². The Hall–Kier alpha value is 0.140. The lowest BCUT2D eigenvalue weighted by Gasteiger charge is -1.91. The van der Waals surface area contributed by atoms with Gasteiger partial charge in [0.05, 0.1) is 12.0 Å². The zero-order valence-corrected chi connectivity index (χ0v) is 5.68. The molecular formula is CH4O6S2. The summed E-state index contributed by atoms with van der Waals surface area (Å²) in [4.78, 5) is 0. The van der Waals surface area contributed by atoms with Crippen molar-refractivity contribution in [3.05, 3.63) is 0 Å². The maximum Gasteiger partial charge on any atom is 0.276 e. The maximum atomic E-state index is 9.82. The van der Waals surface area contributed by atoms with Crippen molar-refractivity contribution in [1.29, 1.82) is 0 Å². The van der Waals surface area contributed by atoms with E-state index >= 15 is 0 Å². The van der Waals surface area contributed by atoms with Gasteiger partial charge in [0.15, 0.2) is 5.08 Å². The molecule has 0 spiro atoms. The summed E-state index contributed by atoms with van der Waals surface area (Å²) in [6, 6.07) is 0. The largest absolute Gasteiger partial charge is 0.285 e. The van der Waals surface area contributed by atoms with E-state index in [0.29, 0.717) is 0 Å². The van der Waals surface area contributed by atoms with E-state index in [-0.39, 0.29) is 12.0 Å². The van der Waals surface area contributed by atoms with Crippen molar-refractivity contribution in [1.82, 2.24) is 0 Å². The Balaban J connectivity index is 3.30. The van der Waals surface area contributed by atoms with Crippen molar-refractivity contribution in [3.8, 4) is 0 Å². The van der Waals surface area contributed by atoms with Crippen LogP contribution in [0.4, 0.5) is 0 Å². The van der Waals surface area contributed by atoms with Gasteiger partial charge in [-0.15, -0.1) is 4.33 Å².